The fourth-order valence-electron chi connectivity index (χ4n) is 10.4. The van der Waals surface area contributed by atoms with Crippen LogP contribution >= 0.6 is 0 Å². The third-order valence-corrected chi connectivity index (χ3v) is 12.9. The van der Waals surface area contributed by atoms with Crippen LogP contribution in [0.3, 0.4) is 0 Å². The van der Waals surface area contributed by atoms with Gasteiger partial charge in [0.15, 0.2) is 0 Å². The maximum atomic E-state index is 2.47. The minimum atomic E-state index is -0.566. The standard InChI is InChI=1S/C59H39N/c1-3-17-40(18-4-1)41-31-34-44(35-32-41)60(57-30-16-13-22-46(57)42-19-5-2-6-20-42)45-36-38-55-52(39-45)49-25-10-9-24-48(49)50-26-11-14-28-53(50)59(55)54-29-15-12-27-51(54)58-47-23-8-7-21-43(47)33-37-56(58)59/h1-39H. The van der Waals surface area contributed by atoms with Crippen LogP contribution in [0.2, 0.25) is 0 Å². The molecular formula is C59H39N. The highest BCUT2D eigenvalue weighted by Crippen LogP contribution is 2.63. The van der Waals surface area contributed by atoms with Crippen LogP contribution in [0, 0.1) is 0 Å². The first-order valence-corrected chi connectivity index (χ1v) is 20.8. The van der Waals surface area contributed by atoms with Crippen molar-refractivity contribution in [1.29, 1.82) is 0 Å². The van der Waals surface area contributed by atoms with Gasteiger partial charge in [-0.05, 0) is 113 Å². The van der Waals surface area contributed by atoms with Crippen LogP contribution in [-0.2, 0) is 5.41 Å². The van der Waals surface area contributed by atoms with Gasteiger partial charge in [-0.25, -0.2) is 0 Å². The smallest absolute Gasteiger partial charge is 0.0725 e. The number of fused-ring (bicyclic) bond motifs is 14. The van der Waals surface area contributed by atoms with E-state index in [4.69, 9.17) is 0 Å². The summed E-state index contributed by atoms with van der Waals surface area (Å²) in [4.78, 5) is 2.45. The van der Waals surface area contributed by atoms with E-state index in [1.807, 2.05) is 0 Å². The normalized spacial score (nSPS) is 14.4. The first-order chi connectivity index (χ1) is 29.8. The molecule has 0 aliphatic heterocycles. The molecule has 0 fully saturated rings. The number of rotatable bonds is 5. The van der Waals surface area contributed by atoms with Crippen LogP contribution in [0.15, 0.2) is 237 Å². The van der Waals surface area contributed by atoms with Crippen molar-refractivity contribution in [2.24, 2.45) is 0 Å². The molecule has 0 saturated heterocycles. The maximum absolute atomic E-state index is 2.47. The number of hydrogen-bond acceptors (Lipinski definition) is 1. The second kappa shape index (κ2) is 13.7. The Hall–Kier alpha value is -7.74. The Morgan fingerprint density at radius 3 is 1.53 bits per heavy atom. The van der Waals surface area contributed by atoms with Gasteiger partial charge < -0.3 is 4.90 Å². The summed E-state index contributed by atoms with van der Waals surface area (Å²) in [6.07, 6.45) is 0. The molecule has 0 N–H and O–H groups in total. The van der Waals surface area contributed by atoms with Crippen LogP contribution < -0.4 is 4.90 Å². The molecule has 60 heavy (non-hydrogen) atoms. The zero-order chi connectivity index (χ0) is 39.6. The van der Waals surface area contributed by atoms with Crippen molar-refractivity contribution in [3.05, 3.63) is 259 Å². The van der Waals surface area contributed by atoms with E-state index in [1.54, 1.807) is 0 Å². The number of benzene rings is 10. The topological polar surface area (TPSA) is 3.24 Å². The van der Waals surface area contributed by atoms with Crippen LogP contribution in [0.4, 0.5) is 17.1 Å². The van der Waals surface area contributed by atoms with E-state index in [9.17, 15) is 0 Å². The zero-order valence-corrected chi connectivity index (χ0v) is 33.0. The fraction of sp³-hybridized carbons (Fsp3) is 0.0169. The van der Waals surface area contributed by atoms with Gasteiger partial charge in [0.1, 0.15) is 0 Å². The molecule has 12 rings (SSSR count). The van der Waals surface area contributed by atoms with Crippen molar-refractivity contribution in [2.45, 2.75) is 5.41 Å². The molecule has 0 radical (unpaired) electrons. The van der Waals surface area contributed by atoms with Gasteiger partial charge in [-0.15, -0.1) is 0 Å². The van der Waals surface area contributed by atoms with Crippen molar-refractivity contribution in [3.8, 4) is 55.6 Å². The monoisotopic (exact) mass is 761 g/mol. The van der Waals surface area contributed by atoms with Crippen LogP contribution in [0.25, 0.3) is 66.4 Å². The van der Waals surface area contributed by atoms with E-state index < -0.39 is 5.41 Å². The molecule has 1 nitrogen and oxygen atoms in total. The van der Waals surface area contributed by atoms with Crippen molar-refractivity contribution in [2.75, 3.05) is 4.90 Å². The second-order valence-electron chi connectivity index (χ2n) is 16.0. The summed E-state index contributed by atoms with van der Waals surface area (Å²) in [7, 11) is 0. The van der Waals surface area contributed by atoms with Crippen molar-refractivity contribution in [3.63, 3.8) is 0 Å². The Kier molecular flexibility index (Phi) is 7.83. The van der Waals surface area contributed by atoms with E-state index >= 15 is 0 Å². The minimum absolute atomic E-state index is 0.566. The number of anilines is 3. The van der Waals surface area contributed by atoms with Gasteiger partial charge in [-0.3, -0.25) is 0 Å². The van der Waals surface area contributed by atoms with E-state index in [1.165, 1.54) is 88.7 Å². The average molecular weight is 762 g/mol. The van der Waals surface area contributed by atoms with Gasteiger partial charge in [0.2, 0.25) is 0 Å². The second-order valence-corrected chi connectivity index (χ2v) is 16.0. The largest absolute Gasteiger partial charge is 0.310 e. The lowest BCUT2D eigenvalue weighted by Crippen LogP contribution is -2.29. The van der Waals surface area contributed by atoms with E-state index in [2.05, 4.69) is 241 Å². The van der Waals surface area contributed by atoms with Gasteiger partial charge in [0.05, 0.1) is 11.1 Å². The molecule has 1 atom stereocenters. The van der Waals surface area contributed by atoms with Gasteiger partial charge in [0.25, 0.3) is 0 Å². The third-order valence-electron chi connectivity index (χ3n) is 12.9. The molecule has 2 aliphatic carbocycles. The molecule has 0 bridgehead atoms. The van der Waals surface area contributed by atoms with E-state index in [0.717, 1.165) is 17.1 Å². The molecule has 0 heterocycles. The number of nitrogens with zero attached hydrogens (tertiary/aromatic N) is 1. The quantitative estimate of drug-likeness (QED) is 0.169. The summed E-state index contributed by atoms with van der Waals surface area (Å²) in [5.74, 6) is 0. The first kappa shape index (κ1) is 34.3. The van der Waals surface area contributed by atoms with Crippen LogP contribution in [0.5, 0.6) is 0 Å². The fourth-order valence-corrected chi connectivity index (χ4v) is 10.4. The Bertz CT molecular complexity index is 3250. The molecule has 1 heteroatoms. The summed E-state index contributed by atoms with van der Waals surface area (Å²) in [5.41, 5.74) is 20.4. The summed E-state index contributed by atoms with van der Waals surface area (Å²) < 4.78 is 0. The molecule has 10 aromatic carbocycles. The molecule has 0 saturated carbocycles. The Morgan fingerprint density at radius 2 is 0.783 bits per heavy atom. The van der Waals surface area contributed by atoms with Gasteiger partial charge in [0, 0.05) is 16.9 Å². The third kappa shape index (κ3) is 5.06. The lowest BCUT2D eigenvalue weighted by atomic mass is 9.65. The summed E-state index contributed by atoms with van der Waals surface area (Å²) in [6, 6.07) is 87.5. The molecule has 1 spiro atoms. The van der Waals surface area contributed by atoms with Crippen LogP contribution in [-0.4, -0.2) is 0 Å². The molecule has 10 aromatic rings. The predicted molar refractivity (Wildman–Crippen MR) is 251 cm³/mol. The molecular weight excluding hydrogens is 723 g/mol. The zero-order valence-electron chi connectivity index (χ0n) is 33.0. The Labute approximate surface area is 351 Å². The lowest BCUT2D eigenvalue weighted by Gasteiger charge is -2.36. The molecule has 2 aliphatic rings. The summed E-state index contributed by atoms with van der Waals surface area (Å²) in [6.45, 7) is 0. The van der Waals surface area contributed by atoms with Crippen molar-refractivity contribution in [1.82, 2.24) is 0 Å². The van der Waals surface area contributed by atoms with Crippen LogP contribution in [0.1, 0.15) is 22.3 Å². The molecule has 0 aromatic heterocycles. The summed E-state index contributed by atoms with van der Waals surface area (Å²) in [5, 5.41) is 2.55. The Balaban J connectivity index is 1.17. The van der Waals surface area contributed by atoms with Gasteiger partial charge in [-0.2, -0.15) is 0 Å². The average Bonchev–Trinajstić information content (AvgIpc) is 3.58. The van der Waals surface area contributed by atoms with Crippen molar-refractivity contribution >= 4 is 27.8 Å². The highest BCUT2D eigenvalue weighted by atomic mass is 15.1. The number of hydrogen-bond donors (Lipinski definition) is 0. The Morgan fingerprint density at radius 1 is 0.283 bits per heavy atom. The number of para-hydroxylation sites is 1. The highest BCUT2D eigenvalue weighted by molar-refractivity contribution is 6.06. The molecule has 0 amide bonds. The highest BCUT2D eigenvalue weighted by Gasteiger charge is 2.50. The predicted octanol–water partition coefficient (Wildman–Crippen LogP) is 15.7. The van der Waals surface area contributed by atoms with E-state index in [0.29, 0.717) is 0 Å². The first-order valence-electron chi connectivity index (χ1n) is 20.8. The molecule has 1 unspecified atom stereocenters. The maximum Gasteiger partial charge on any atom is 0.0725 e. The lowest BCUT2D eigenvalue weighted by molar-refractivity contribution is 0.776. The van der Waals surface area contributed by atoms with Gasteiger partial charge >= 0.3 is 0 Å². The van der Waals surface area contributed by atoms with Crippen molar-refractivity contribution < 1.29 is 0 Å². The summed E-state index contributed by atoms with van der Waals surface area (Å²) >= 11 is 0. The minimum Gasteiger partial charge on any atom is -0.310 e. The van der Waals surface area contributed by atoms with E-state index in [-0.39, 0.29) is 0 Å². The molecule has 280 valence electrons. The SMILES string of the molecule is c1ccc(-c2ccc(N(c3ccc4c(c3)-c3ccccc3-c3ccccc3C43c4ccccc4-c4c3ccc3ccccc43)c3ccccc3-c3ccccc3)cc2)cc1. The van der Waals surface area contributed by atoms with Gasteiger partial charge in [-0.1, -0.05) is 206 Å².